The number of ether oxygens (including phenoxy) is 2. The quantitative estimate of drug-likeness (QED) is 0.401. The molecule has 2 aromatic heterocycles. The molecule has 0 bridgehead atoms. The Kier molecular flexibility index (Phi) is 5.95. The Balaban J connectivity index is 1.13. The lowest BCUT2D eigenvalue weighted by atomic mass is 10.1. The third-order valence-corrected chi connectivity index (χ3v) is 6.49. The second-order valence-corrected chi connectivity index (χ2v) is 8.98. The Bertz CT molecular complexity index is 1420. The summed E-state index contributed by atoms with van der Waals surface area (Å²) < 4.78 is 50.1. The number of fused-ring (bicyclic) bond motifs is 2. The van der Waals surface area contributed by atoms with E-state index in [9.17, 15) is 13.2 Å². The number of aromatic nitrogens is 4. The van der Waals surface area contributed by atoms with Gasteiger partial charge in [-0.3, -0.25) is 4.90 Å². The number of hydrogen-bond acceptors (Lipinski definition) is 8. The number of hydrogen-bond donors (Lipinski definition) is 2. The zero-order valence-electron chi connectivity index (χ0n) is 19.8. The van der Waals surface area contributed by atoms with Gasteiger partial charge in [0.05, 0.1) is 11.9 Å². The van der Waals surface area contributed by atoms with Crippen molar-refractivity contribution in [1.82, 2.24) is 24.8 Å². The van der Waals surface area contributed by atoms with Crippen molar-refractivity contribution < 1.29 is 22.6 Å². The molecule has 2 aliphatic heterocycles. The second-order valence-electron chi connectivity index (χ2n) is 8.98. The van der Waals surface area contributed by atoms with Gasteiger partial charge < -0.3 is 24.7 Å². The number of imidazole rings is 1. The Hall–Kier alpha value is -4.06. The molecule has 37 heavy (non-hydrogen) atoms. The number of aromatic amines is 1. The van der Waals surface area contributed by atoms with Crippen molar-refractivity contribution >= 4 is 22.9 Å². The van der Waals surface area contributed by atoms with E-state index in [0.29, 0.717) is 28.5 Å². The first-order chi connectivity index (χ1) is 17.9. The normalized spacial score (nSPS) is 15.9. The molecule has 0 amide bonds. The number of benzene rings is 2. The van der Waals surface area contributed by atoms with E-state index < -0.39 is 11.7 Å². The zero-order chi connectivity index (χ0) is 25.4. The van der Waals surface area contributed by atoms with Gasteiger partial charge in [0.15, 0.2) is 23.0 Å². The summed E-state index contributed by atoms with van der Waals surface area (Å²) in [4.78, 5) is 21.0. The summed E-state index contributed by atoms with van der Waals surface area (Å²) in [5, 5.41) is 3.16. The lowest BCUT2D eigenvalue weighted by molar-refractivity contribution is -0.137. The molecule has 0 radical (unpaired) electrons. The standard InChI is InChI=1S/C25H24F3N7O2/c26-25(27,28)18-3-1-2-16(10-18)12-29-22-21-23(31-14-30-21)33-24(32-22)35-8-6-34(7-9-35)13-17-4-5-19-20(11-17)37-15-36-19/h1-5,10-11,14H,6-9,12-13,15H2,(H2,29,30,31,32,33). The van der Waals surface area contributed by atoms with Crippen LogP contribution in [0, 0.1) is 0 Å². The van der Waals surface area contributed by atoms with E-state index in [1.54, 1.807) is 6.07 Å². The lowest BCUT2D eigenvalue weighted by Gasteiger charge is -2.34. The lowest BCUT2D eigenvalue weighted by Crippen LogP contribution is -2.46. The molecule has 2 aromatic carbocycles. The van der Waals surface area contributed by atoms with E-state index in [-0.39, 0.29) is 13.3 Å². The number of nitrogens with zero attached hydrogens (tertiary/aromatic N) is 5. The zero-order valence-corrected chi connectivity index (χ0v) is 19.8. The monoisotopic (exact) mass is 511 g/mol. The summed E-state index contributed by atoms with van der Waals surface area (Å²) in [5.74, 6) is 2.59. The minimum atomic E-state index is -4.39. The molecular weight excluding hydrogens is 487 g/mol. The summed E-state index contributed by atoms with van der Waals surface area (Å²) in [6.07, 6.45) is -2.86. The van der Waals surface area contributed by atoms with Crippen molar-refractivity contribution in [3.63, 3.8) is 0 Å². The minimum absolute atomic E-state index is 0.178. The molecule has 0 spiro atoms. The van der Waals surface area contributed by atoms with Crippen LogP contribution in [0.2, 0.25) is 0 Å². The average Bonchev–Trinajstić information content (AvgIpc) is 3.57. The van der Waals surface area contributed by atoms with Gasteiger partial charge in [0.1, 0.15) is 5.52 Å². The predicted molar refractivity (Wildman–Crippen MR) is 131 cm³/mol. The number of halogens is 3. The fraction of sp³-hybridized carbons (Fsp3) is 0.320. The third-order valence-electron chi connectivity index (χ3n) is 6.49. The van der Waals surface area contributed by atoms with Gasteiger partial charge in [-0.1, -0.05) is 18.2 Å². The number of piperazine rings is 1. The number of alkyl halides is 3. The van der Waals surface area contributed by atoms with Crippen LogP contribution < -0.4 is 19.7 Å². The van der Waals surface area contributed by atoms with Gasteiger partial charge in [-0.15, -0.1) is 0 Å². The van der Waals surface area contributed by atoms with Crippen LogP contribution in [0.1, 0.15) is 16.7 Å². The van der Waals surface area contributed by atoms with Crippen LogP contribution in [0.15, 0.2) is 48.8 Å². The largest absolute Gasteiger partial charge is 0.454 e. The third kappa shape index (κ3) is 4.96. The summed E-state index contributed by atoms with van der Waals surface area (Å²) in [6.45, 7) is 4.34. The van der Waals surface area contributed by atoms with Gasteiger partial charge in [-0.2, -0.15) is 23.1 Å². The molecular formula is C25H24F3N7O2. The van der Waals surface area contributed by atoms with Crippen molar-refractivity contribution in [3.8, 4) is 11.5 Å². The van der Waals surface area contributed by atoms with E-state index in [4.69, 9.17) is 14.5 Å². The van der Waals surface area contributed by atoms with Crippen molar-refractivity contribution in [2.75, 3.05) is 43.2 Å². The van der Waals surface area contributed by atoms with Gasteiger partial charge in [-0.05, 0) is 35.4 Å². The molecule has 12 heteroatoms. The van der Waals surface area contributed by atoms with Crippen LogP contribution >= 0.6 is 0 Å². The Morgan fingerprint density at radius 1 is 0.946 bits per heavy atom. The van der Waals surface area contributed by atoms with Crippen molar-refractivity contribution in [2.24, 2.45) is 0 Å². The molecule has 4 heterocycles. The van der Waals surface area contributed by atoms with Crippen LogP contribution in [-0.4, -0.2) is 57.8 Å². The van der Waals surface area contributed by atoms with E-state index in [1.165, 1.54) is 12.4 Å². The van der Waals surface area contributed by atoms with E-state index in [2.05, 4.69) is 36.1 Å². The molecule has 4 aromatic rings. The molecule has 2 N–H and O–H groups in total. The van der Waals surface area contributed by atoms with Crippen LogP contribution in [0.25, 0.3) is 11.2 Å². The molecule has 1 saturated heterocycles. The smallest absolute Gasteiger partial charge is 0.416 e. The van der Waals surface area contributed by atoms with Gasteiger partial charge >= 0.3 is 6.18 Å². The maximum absolute atomic E-state index is 13.1. The molecule has 0 aliphatic carbocycles. The molecule has 1 fully saturated rings. The maximum atomic E-state index is 13.1. The summed E-state index contributed by atoms with van der Waals surface area (Å²) in [6, 6.07) is 11.3. The highest BCUT2D eigenvalue weighted by atomic mass is 19.4. The molecule has 0 atom stereocenters. The minimum Gasteiger partial charge on any atom is -0.454 e. The second kappa shape index (κ2) is 9.43. The number of rotatable bonds is 6. The molecule has 0 saturated carbocycles. The van der Waals surface area contributed by atoms with Crippen LogP contribution in [0.4, 0.5) is 24.9 Å². The van der Waals surface area contributed by atoms with Crippen LogP contribution in [0.3, 0.4) is 0 Å². The Morgan fingerprint density at radius 3 is 2.62 bits per heavy atom. The van der Waals surface area contributed by atoms with Crippen molar-refractivity contribution in [1.29, 1.82) is 0 Å². The SMILES string of the molecule is FC(F)(F)c1cccc(CNc2nc(N3CCN(Cc4ccc5c(c4)OCO5)CC3)nc3nc[nH]c23)c1. The average molecular weight is 512 g/mol. The first-order valence-corrected chi connectivity index (χ1v) is 11.9. The first-order valence-electron chi connectivity index (χ1n) is 11.9. The van der Waals surface area contributed by atoms with Gasteiger partial charge in [0.25, 0.3) is 0 Å². The van der Waals surface area contributed by atoms with Gasteiger partial charge in [0, 0.05) is 39.3 Å². The predicted octanol–water partition coefficient (Wildman–Crippen LogP) is 4.03. The number of H-pyrrole nitrogens is 1. The molecule has 0 unspecified atom stereocenters. The molecule has 2 aliphatic rings. The highest BCUT2D eigenvalue weighted by Crippen LogP contribution is 2.33. The fourth-order valence-corrected chi connectivity index (χ4v) is 4.54. The van der Waals surface area contributed by atoms with Crippen molar-refractivity contribution in [3.05, 3.63) is 65.5 Å². The van der Waals surface area contributed by atoms with Crippen molar-refractivity contribution in [2.45, 2.75) is 19.3 Å². The Morgan fingerprint density at radius 2 is 1.78 bits per heavy atom. The van der Waals surface area contributed by atoms with E-state index in [1.807, 2.05) is 12.1 Å². The summed E-state index contributed by atoms with van der Waals surface area (Å²) in [7, 11) is 0. The fourth-order valence-electron chi connectivity index (χ4n) is 4.54. The number of anilines is 2. The van der Waals surface area contributed by atoms with E-state index >= 15 is 0 Å². The Labute approximate surface area is 210 Å². The van der Waals surface area contributed by atoms with E-state index in [0.717, 1.165) is 61.9 Å². The molecule has 6 rings (SSSR count). The molecule has 192 valence electrons. The van der Waals surface area contributed by atoms with Gasteiger partial charge in [-0.25, -0.2) is 4.98 Å². The summed E-state index contributed by atoms with van der Waals surface area (Å²) in [5.41, 5.74) is 2.09. The highest BCUT2D eigenvalue weighted by molar-refractivity contribution is 5.83. The van der Waals surface area contributed by atoms with Crippen LogP contribution in [-0.2, 0) is 19.3 Å². The maximum Gasteiger partial charge on any atom is 0.416 e. The molecule has 9 nitrogen and oxygen atoms in total. The van der Waals surface area contributed by atoms with Gasteiger partial charge in [0.2, 0.25) is 12.7 Å². The van der Waals surface area contributed by atoms with Crippen LogP contribution in [0.5, 0.6) is 11.5 Å². The highest BCUT2D eigenvalue weighted by Gasteiger charge is 2.30. The topological polar surface area (TPSA) is 91.4 Å². The number of nitrogens with one attached hydrogen (secondary N) is 2. The first kappa shape index (κ1) is 23.3. The summed E-state index contributed by atoms with van der Waals surface area (Å²) >= 11 is 0.